The monoisotopic (exact) mass is 385 g/mol. The molecular weight excluding hydrogens is 362 g/mol. The van der Waals surface area contributed by atoms with Gasteiger partial charge in [-0.3, -0.25) is 9.48 Å². The van der Waals surface area contributed by atoms with Crippen molar-refractivity contribution in [2.45, 2.75) is 19.8 Å². The molecule has 0 fully saturated rings. The van der Waals surface area contributed by atoms with Crippen LogP contribution in [-0.2, 0) is 13.5 Å². The van der Waals surface area contributed by atoms with Gasteiger partial charge < -0.3 is 5.32 Å². The average molecular weight is 385 g/mol. The number of hydrogen-bond donors (Lipinski definition) is 1. The number of rotatable bonds is 6. The first kappa shape index (κ1) is 18.8. The highest BCUT2D eigenvalue weighted by Gasteiger charge is 2.06. The Morgan fingerprint density at radius 3 is 2.48 bits per heavy atom. The van der Waals surface area contributed by atoms with Gasteiger partial charge in [-0.1, -0.05) is 30.3 Å². The molecule has 2 aromatic heterocycles. The van der Waals surface area contributed by atoms with Crippen LogP contribution in [-0.4, -0.2) is 32.2 Å². The zero-order valence-corrected chi connectivity index (χ0v) is 16.6. The molecule has 0 saturated heterocycles. The number of aromatic nitrogens is 4. The minimum Gasteiger partial charge on any atom is -0.352 e. The number of amides is 1. The van der Waals surface area contributed by atoms with E-state index in [-0.39, 0.29) is 5.91 Å². The van der Waals surface area contributed by atoms with Crippen molar-refractivity contribution in [3.05, 3.63) is 78.0 Å². The third-order valence-electron chi connectivity index (χ3n) is 5.00. The van der Waals surface area contributed by atoms with E-state index in [0.29, 0.717) is 17.9 Å². The van der Waals surface area contributed by atoms with E-state index in [9.17, 15) is 4.79 Å². The Balaban J connectivity index is 1.31. The summed E-state index contributed by atoms with van der Waals surface area (Å²) in [6, 6.07) is 15.0. The first-order valence-corrected chi connectivity index (χ1v) is 9.68. The van der Waals surface area contributed by atoms with Crippen LogP contribution in [0.4, 0.5) is 0 Å². The van der Waals surface area contributed by atoms with E-state index in [1.165, 1.54) is 16.7 Å². The Labute approximate surface area is 169 Å². The van der Waals surface area contributed by atoms with Crippen molar-refractivity contribution in [3.8, 4) is 11.1 Å². The Hall–Kier alpha value is -3.54. The lowest BCUT2D eigenvalue weighted by atomic mass is 10.0. The van der Waals surface area contributed by atoms with Crippen molar-refractivity contribution < 1.29 is 4.79 Å². The molecule has 1 amide bonds. The van der Waals surface area contributed by atoms with Crippen molar-refractivity contribution >= 4 is 16.8 Å². The molecule has 2 aromatic carbocycles. The van der Waals surface area contributed by atoms with Gasteiger partial charge in [0.05, 0.1) is 17.3 Å². The third-order valence-corrected chi connectivity index (χ3v) is 5.00. The van der Waals surface area contributed by atoms with Crippen LogP contribution in [0.2, 0.25) is 0 Å². The zero-order valence-electron chi connectivity index (χ0n) is 16.6. The maximum Gasteiger partial charge on any atom is 0.254 e. The summed E-state index contributed by atoms with van der Waals surface area (Å²) >= 11 is 0. The number of carbonyl (C=O) groups excluding carboxylic acids is 1. The standard InChI is InChI=1S/C23H23N5O/c1-16-25-13-21(14-26-16)23(29)24-11-3-4-17-5-7-18(8-6-17)19-9-10-22-20(12-19)15-27-28(22)2/h5-10,12-15H,3-4,11H2,1-2H3,(H,24,29). The predicted molar refractivity (Wildman–Crippen MR) is 114 cm³/mol. The fourth-order valence-electron chi connectivity index (χ4n) is 3.31. The molecule has 29 heavy (non-hydrogen) atoms. The number of carbonyl (C=O) groups is 1. The van der Waals surface area contributed by atoms with Gasteiger partial charge in [-0.25, -0.2) is 9.97 Å². The lowest BCUT2D eigenvalue weighted by Gasteiger charge is -2.07. The third kappa shape index (κ3) is 4.32. The molecule has 6 nitrogen and oxygen atoms in total. The number of nitrogens with zero attached hydrogens (tertiary/aromatic N) is 4. The van der Waals surface area contributed by atoms with Gasteiger partial charge >= 0.3 is 0 Å². The molecule has 0 aliphatic rings. The molecule has 146 valence electrons. The van der Waals surface area contributed by atoms with Crippen molar-refractivity contribution in [2.75, 3.05) is 6.54 Å². The second-order valence-corrected chi connectivity index (χ2v) is 7.12. The van der Waals surface area contributed by atoms with Gasteiger partial charge in [0.2, 0.25) is 0 Å². The maximum atomic E-state index is 12.1. The van der Waals surface area contributed by atoms with E-state index in [4.69, 9.17) is 0 Å². The molecule has 4 rings (SSSR count). The van der Waals surface area contributed by atoms with Crippen molar-refractivity contribution in [2.24, 2.45) is 7.05 Å². The molecule has 0 atom stereocenters. The summed E-state index contributed by atoms with van der Waals surface area (Å²) in [5.74, 6) is 0.525. The largest absolute Gasteiger partial charge is 0.352 e. The van der Waals surface area contributed by atoms with Crippen LogP contribution in [0.3, 0.4) is 0 Å². The first-order valence-electron chi connectivity index (χ1n) is 9.68. The van der Waals surface area contributed by atoms with E-state index in [0.717, 1.165) is 23.7 Å². The van der Waals surface area contributed by atoms with E-state index < -0.39 is 0 Å². The van der Waals surface area contributed by atoms with Gasteiger partial charge in [-0.15, -0.1) is 0 Å². The number of benzene rings is 2. The highest BCUT2D eigenvalue weighted by Crippen LogP contribution is 2.24. The van der Waals surface area contributed by atoms with Crippen LogP contribution in [0.15, 0.2) is 61.1 Å². The highest BCUT2D eigenvalue weighted by molar-refractivity contribution is 5.93. The highest BCUT2D eigenvalue weighted by atomic mass is 16.1. The first-order chi connectivity index (χ1) is 14.1. The van der Waals surface area contributed by atoms with Gasteiger partial charge in [0.15, 0.2) is 0 Å². The van der Waals surface area contributed by atoms with Crippen molar-refractivity contribution in [1.29, 1.82) is 0 Å². The summed E-state index contributed by atoms with van der Waals surface area (Å²) < 4.78 is 1.88. The molecule has 0 spiro atoms. The lowest BCUT2D eigenvalue weighted by Crippen LogP contribution is -2.25. The van der Waals surface area contributed by atoms with Gasteiger partial charge in [0, 0.05) is 31.4 Å². The van der Waals surface area contributed by atoms with Gasteiger partial charge in [0.1, 0.15) is 5.82 Å². The second-order valence-electron chi connectivity index (χ2n) is 7.12. The fraction of sp³-hybridized carbons (Fsp3) is 0.217. The second kappa shape index (κ2) is 8.22. The molecule has 0 unspecified atom stereocenters. The molecule has 0 saturated carbocycles. The summed E-state index contributed by atoms with van der Waals surface area (Å²) in [6.07, 6.45) is 6.79. The predicted octanol–water partition coefficient (Wildman–Crippen LogP) is 3.70. The zero-order chi connectivity index (χ0) is 20.2. The molecule has 0 bridgehead atoms. The number of aryl methyl sites for hydroxylation is 3. The van der Waals surface area contributed by atoms with Crippen molar-refractivity contribution in [1.82, 2.24) is 25.1 Å². The smallest absolute Gasteiger partial charge is 0.254 e. The number of fused-ring (bicyclic) bond motifs is 1. The summed E-state index contributed by atoms with van der Waals surface area (Å²) in [7, 11) is 1.95. The molecule has 6 heteroatoms. The normalized spacial score (nSPS) is 11.0. The van der Waals surface area contributed by atoms with Gasteiger partial charge in [-0.2, -0.15) is 5.10 Å². The van der Waals surface area contributed by atoms with Crippen LogP contribution in [0.5, 0.6) is 0 Å². The maximum absolute atomic E-state index is 12.1. The van der Waals surface area contributed by atoms with Crippen LogP contribution in [0, 0.1) is 6.92 Å². The lowest BCUT2D eigenvalue weighted by molar-refractivity contribution is 0.0952. The average Bonchev–Trinajstić information content (AvgIpc) is 3.12. The minimum absolute atomic E-state index is 0.133. The summed E-state index contributed by atoms with van der Waals surface area (Å²) in [5, 5.41) is 8.36. The Kier molecular flexibility index (Phi) is 5.33. The van der Waals surface area contributed by atoms with Crippen LogP contribution in [0.1, 0.15) is 28.2 Å². The number of hydrogen-bond acceptors (Lipinski definition) is 4. The SMILES string of the molecule is Cc1ncc(C(=O)NCCCc2ccc(-c3ccc4c(cnn4C)c3)cc2)cn1. The van der Waals surface area contributed by atoms with E-state index in [1.807, 2.05) is 17.9 Å². The molecule has 0 aliphatic carbocycles. The Bertz CT molecular complexity index is 1130. The Morgan fingerprint density at radius 1 is 1.00 bits per heavy atom. The fourth-order valence-corrected chi connectivity index (χ4v) is 3.31. The Morgan fingerprint density at radius 2 is 1.72 bits per heavy atom. The van der Waals surface area contributed by atoms with Crippen molar-refractivity contribution in [3.63, 3.8) is 0 Å². The van der Waals surface area contributed by atoms with Crippen LogP contribution in [0.25, 0.3) is 22.0 Å². The molecule has 1 N–H and O–H groups in total. The molecule has 0 radical (unpaired) electrons. The van der Waals surface area contributed by atoms with E-state index in [1.54, 1.807) is 19.3 Å². The van der Waals surface area contributed by atoms with Gasteiger partial charge in [-0.05, 0) is 48.6 Å². The minimum atomic E-state index is -0.133. The number of nitrogens with one attached hydrogen (secondary N) is 1. The quantitative estimate of drug-likeness (QED) is 0.514. The summed E-state index contributed by atoms with van der Waals surface area (Å²) in [5.41, 5.74) is 5.25. The molecule has 2 heterocycles. The summed E-state index contributed by atoms with van der Waals surface area (Å²) in [6.45, 7) is 2.41. The van der Waals surface area contributed by atoms with E-state index >= 15 is 0 Å². The van der Waals surface area contributed by atoms with E-state index in [2.05, 4.69) is 62.8 Å². The summed E-state index contributed by atoms with van der Waals surface area (Å²) in [4.78, 5) is 20.2. The molecule has 0 aliphatic heterocycles. The van der Waals surface area contributed by atoms with Crippen LogP contribution >= 0.6 is 0 Å². The van der Waals surface area contributed by atoms with Gasteiger partial charge in [0.25, 0.3) is 5.91 Å². The molecule has 4 aromatic rings. The topological polar surface area (TPSA) is 72.7 Å². The molecular formula is C23H23N5O. The van der Waals surface area contributed by atoms with Crippen LogP contribution < -0.4 is 5.32 Å².